The summed E-state index contributed by atoms with van der Waals surface area (Å²) >= 11 is 0. The Hall–Kier alpha value is -3.37. The van der Waals surface area contributed by atoms with Crippen molar-refractivity contribution in [3.63, 3.8) is 0 Å². The van der Waals surface area contributed by atoms with Crippen LogP contribution in [0.1, 0.15) is 28.9 Å². The lowest BCUT2D eigenvalue weighted by Crippen LogP contribution is -2.26. The quantitative estimate of drug-likeness (QED) is 0.736. The number of aromatic nitrogens is 2. The monoisotopic (exact) mass is 363 g/mol. The van der Waals surface area contributed by atoms with Crippen LogP contribution in [0, 0.1) is 11.3 Å². The summed E-state index contributed by atoms with van der Waals surface area (Å²) in [6.45, 7) is 1.33. The molecule has 1 aliphatic heterocycles. The van der Waals surface area contributed by atoms with Gasteiger partial charge in [-0.3, -0.25) is 0 Å². The van der Waals surface area contributed by atoms with Gasteiger partial charge in [0.15, 0.2) is 0 Å². The highest BCUT2D eigenvalue weighted by atomic mass is 16.5. The molecule has 2 N–H and O–H groups in total. The summed E-state index contributed by atoms with van der Waals surface area (Å²) in [5.41, 5.74) is 2.61. The molecule has 0 radical (unpaired) electrons. The van der Waals surface area contributed by atoms with Crippen molar-refractivity contribution < 1.29 is 19.4 Å². The summed E-state index contributed by atoms with van der Waals surface area (Å²) < 4.78 is 11.3. The molecule has 0 amide bonds. The number of hydrogen-bond donors (Lipinski definition) is 2. The van der Waals surface area contributed by atoms with E-state index < -0.39 is 5.97 Å². The molecule has 0 aliphatic carbocycles. The van der Waals surface area contributed by atoms with Gasteiger partial charge in [0, 0.05) is 24.4 Å². The summed E-state index contributed by atoms with van der Waals surface area (Å²) in [5.74, 6) is -0.490. The Labute approximate surface area is 155 Å². The van der Waals surface area contributed by atoms with Crippen LogP contribution in [0.2, 0.25) is 0 Å². The van der Waals surface area contributed by atoms with Gasteiger partial charge in [-0.25, -0.2) is 9.78 Å². The second-order valence-corrected chi connectivity index (χ2v) is 6.36. The minimum atomic E-state index is -1.04. The van der Waals surface area contributed by atoms with Crippen molar-refractivity contribution in [3.05, 3.63) is 47.8 Å². The number of H-pyrrole nitrogens is 1. The zero-order valence-electron chi connectivity index (χ0n) is 14.4. The van der Waals surface area contributed by atoms with Crippen molar-refractivity contribution in [2.75, 3.05) is 13.2 Å². The number of carbonyl (C=O) groups is 1. The van der Waals surface area contributed by atoms with Crippen LogP contribution in [0.4, 0.5) is 0 Å². The highest BCUT2D eigenvalue weighted by Gasteiger charge is 2.18. The Morgan fingerprint density at radius 3 is 2.85 bits per heavy atom. The second kappa shape index (κ2) is 7.09. The first-order chi connectivity index (χ1) is 13.2. The molecule has 0 unspecified atom stereocenters. The number of pyridine rings is 1. The predicted octanol–water partition coefficient (Wildman–Crippen LogP) is 3.36. The van der Waals surface area contributed by atoms with Gasteiger partial charge >= 0.3 is 5.97 Å². The number of nitrogens with zero attached hydrogens (tertiary/aromatic N) is 2. The van der Waals surface area contributed by atoms with E-state index in [-0.39, 0.29) is 11.8 Å². The van der Waals surface area contributed by atoms with Gasteiger partial charge in [0.25, 0.3) is 0 Å². The Kier molecular flexibility index (Phi) is 4.48. The van der Waals surface area contributed by atoms with E-state index in [9.17, 15) is 15.2 Å². The Balaban J connectivity index is 1.71. The molecule has 0 atom stereocenters. The molecule has 7 heteroatoms. The molecule has 27 heavy (non-hydrogen) atoms. The molecule has 1 saturated heterocycles. The van der Waals surface area contributed by atoms with E-state index in [0.29, 0.717) is 35.6 Å². The van der Waals surface area contributed by atoms with Gasteiger partial charge in [-0.2, -0.15) is 5.26 Å². The Morgan fingerprint density at radius 2 is 2.11 bits per heavy atom. The fourth-order valence-electron chi connectivity index (χ4n) is 3.25. The summed E-state index contributed by atoms with van der Waals surface area (Å²) in [7, 11) is 0. The first kappa shape index (κ1) is 17.1. The highest BCUT2D eigenvalue weighted by molar-refractivity contribution is 5.99. The largest absolute Gasteiger partial charge is 0.489 e. The molecule has 0 bridgehead atoms. The van der Waals surface area contributed by atoms with Gasteiger partial charge in [0.1, 0.15) is 29.3 Å². The molecule has 136 valence electrons. The van der Waals surface area contributed by atoms with E-state index >= 15 is 0 Å². The zero-order chi connectivity index (χ0) is 18.8. The minimum Gasteiger partial charge on any atom is -0.489 e. The van der Waals surface area contributed by atoms with E-state index in [4.69, 9.17) is 9.47 Å². The SMILES string of the molecule is N#Cc1cc(-c2ccnc3[nH]c(C(=O)O)cc23)ccc1OC1CCOCC1. The molecule has 1 fully saturated rings. The van der Waals surface area contributed by atoms with Crippen LogP contribution in [-0.4, -0.2) is 40.4 Å². The van der Waals surface area contributed by atoms with E-state index in [0.717, 1.165) is 24.0 Å². The number of benzene rings is 1. The predicted molar refractivity (Wildman–Crippen MR) is 97.7 cm³/mol. The van der Waals surface area contributed by atoms with Crippen LogP contribution < -0.4 is 4.74 Å². The molecule has 7 nitrogen and oxygen atoms in total. The van der Waals surface area contributed by atoms with Crippen LogP contribution in [-0.2, 0) is 4.74 Å². The first-order valence-electron chi connectivity index (χ1n) is 8.65. The van der Waals surface area contributed by atoms with Gasteiger partial charge in [-0.05, 0) is 35.4 Å². The van der Waals surface area contributed by atoms with Gasteiger partial charge in [-0.1, -0.05) is 6.07 Å². The maximum Gasteiger partial charge on any atom is 0.352 e. The van der Waals surface area contributed by atoms with Gasteiger partial charge in [0.2, 0.25) is 0 Å². The lowest BCUT2D eigenvalue weighted by molar-refractivity contribution is 0.0254. The van der Waals surface area contributed by atoms with Crippen molar-refractivity contribution in [3.8, 4) is 22.9 Å². The van der Waals surface area contributed by atoms with Gasteiger partial charge in [-0.15, -0.1) is 0 Å². The van der Waals surface area contributed by atoms with Gasteiger partial charge < -0.3 is 19.6 Å². The van der Waals surface area contributed by atoms with E-state index in [1.807, 2.05) is 6.07 Å². The number of carboxylic acid groups (broad SMARTS) is 1. The lowest BCUT2D eigenvalue weighted by atomic mass is 10.0. The van der Waals surface area contributed by atoms with Crippen LogP contribution in [0.5, 0.6) is 5.75 Å². The Bertz CT molecular complexity index is 1050. The van der Waals surface area contributed by atoms with Crippen LogP contribution in [0.25, 0.3) is 22.2 Å². The van der Waals surface area contributed by atoms with E-state index in [2.05, 4.69) is 16.0 Å². The number of carboxylic acids is 1. The number of aromatic amines is 1. The number of aromatic carboxylic acids is 1. The number of nitrogens with one attached hydrogen (secondary N) is 1. The molecular formula is C20H17N3O4. The topological polar surface area (TPSA) is 108 Å². The summed E-state index contributed by atoms with van der Waals surface area (Å²) in [6.07, 6.45) is 3.27. The van der Waals surface area contributed by atoms with Crippen molar-refractivity contribution >= 4 is 17.0 Å². The molecule has 3 aromatic rings. The number of fused-ring (bicyclic) bond motifs is 1. The third-order valence-electron chi connectivity index (χ3n) is 4.64. The fourth-order valence-corrected chi connectivity index (χ4v) is 3.25. The number of nitriles is 1. The van der Waals surface area contributed by atoms with Crippen LogP contribution in [0.15, 0.2) is 36.5 Å². The maximum atomic E-state index is 11.2. The number of hydrogen-bond acceptors (Lipinski definition) is 5. The third-order valence-corrected chi connectivity index (χ3v) is 4.64. The second-order valence-electron chi connectivity index (χ2n) is 6.36. The zero-order valence-corrected chi connectivity index (χ0v) is 14.4. The molecule has 1 aliphatic rings. The normalized spacial score (nSPS) is 14.8. The summed E-state index contributed by atoms with van der Waals surface area (Å²) in [5, 5.41) is 19.4. The van der Waals surface area contributed by atoms with E-state index in [1.54, 1.807) is 30.5 Å². The molecule has 4 rings (SSSR count). The smallest absolute Gasteiger partial charge is 0.352 e. The average Bonchev–Trinajstić information content (AvgIpc) is 3.14. The van der Waals surface area contributed by atoms with Crippen molar-refractivity contribution in [2.45, 2.75) is 18.9 Å². The first-order valence-corrected chi connectivity index (χ1v) is 8.65. The highest BCUT2D eigenvalue weighted by Crippen LogP contribution is 2.32. The summed E-state index contributed by atoms with van der Waals surface area (Å²) in [6, 6.07) is 11.0. The van der Waals surface area contributed by atoms with Crippen molar-refractivity contribution in [1.29, 1.82) is 5.26 Å². The molecule has 0 saturated carbocycles. The number of rotatable bonds is 4. The van der Waals surface area contributed by atoms with Gasteiger partial charge in [0.05, 0.1) is 18.8 Å². The van der Waals surface area contributed by atoms with Crippen LogP contribution >= 0.6 is 0 Å². The number of ether oxygens (including phenoxy) is 2. The third kappa shape index (κ3) is 3.35. The fraction of sp³-hybridized carbons (Fsp3) is 0.250. The van der Waals surface area contributed by atoms with Crippen molar-refractivity contribution in [2.24, 2.45) is 0 Å². The minimum absolute atomic E-state index is 0.0483. The Morgan fingerprint density at radius 1 is 1.30 bits per heavy atom. The van der Waals surface area contributed by atoms with E-state index in [1.165, 1.54) is 0 Å². The summed E-state index contributed by atoms with van der Waals surface area (Å²) in [4.78, 5) is 18.2. The van der Waals surface area contributed by atoms with Crippen LogP contribution in [0.3, 0.4) is 0 Å². The van der Waals surface area contributed by atoms with Crippen molar-refractivity contribution in [1.82, 2.24) is 9.97 Å². The molecule has 0 spiro atoms. The lowest BCUT2D eigenvalue weighted by Gasteiger charge is -2.23. The molecule has 2 aromatic heterocycles. The maximum absolute atomic E-state index is 11.2. The molecular weight excluding hydrogens is 346 g/mol. The average molecular weight is 363 g/mol. The molecule has 3 heterocycles. The molecule has 1 aromatic carbocycles. The standard InChI is InChI=1S/C20H17N3O4/c21-11-13-9-12(1-2-18(13)27-14-4-7-26-8-5-14)15-3-6-22-19-16(15)10-17(23-19)20(24)25/h1-3,6,9-10,14H,4-5,7-8H2,(H,22,23)(H,24,25).